The molecule has 1 aliphatic rings. The second-order valence-electron chi connectivity index (χ2n) is 4.22. The van der Waals surface area contributed by atoms with Crippen molar-refractivity contribution in [1.29, 1.82) is 0 Å². The number of aliphatic hydroxyl groups is 1. The van der Waals surface area contributed by atoms with E-state index >= 15 is 0 Å². The van der Waals surface area contributed by atoms with Crippen molar-refractivity contribution >= 4 is 5.91 Å². The number of hydrogen-bond acceptors (Lipinski definition) is 3. The van der Waals surface area contributed by atoms with Crippen LogP contribution < -0.4 is 5.73 Å². The number of carbonyl (C=O) groups excluding carboxylic acids is 1. The first-order valence-corrected chi connectivity index (χ1v) is 5.23. The number of likely N-dealkylation sites (tertiary alicyclic amines) is 1. The van der Waals surface area contributed by atoms with Crippen LogP contribution in [0.3, 0.4) is 0 Å². The Kier molecular flexibility index (Phi) is 3.89. The maximum atomic E-state index is 11.0. The maximum Gasteiger partial charge on any atom is 0.234 e. The van der Waals surface area contributed by atoms with E-state index in [9.17, 15) is 9.90 Å². The first kappa shape index (κ1) is 11.5. The Morgan fingerprint density at radius 2 is 2.21 bits per heavy atom. The van der Waals surface area contributed by atoms with Crippen molar-refractivity contribution in [3.63, 3.8) is 0 Å². The molecule has 3 N–H and O–H groups in total. The summed E-state index contributed by atoms with van der Waals surface area (Å²) in [4.78, 5) is 13.1. The molecule has 1 saturated heterocycles. The predicted octanol–water partition coefficient (Wildman–Crippen LogP) is -0.0470. The van der Waals surface area contributed by atoms with Gasteiger partial charge in [0.25, 0.3) is 0 Å². The molecule has 1 aliphatic heterocycles. The van der Waals surface area contributed by atoms with Crippen LogP contribution in [0.2, 0.25) is 0 Å². The van der Waals surface area contributed by atoms with Crippen molar-refractivity contribution in [3.8, 4) is 0 Å². The summed E-state index contributed by atoms with van der Waals surface area (Å²) in [5.41, 5.74) is 5.25. The lowest BCUT2D eigenvalue weighted by Crippen LogP contribution is -2.49. The predicted molar refractivity (Wildman–Crippen MR) is 54.6 cm³/mol. The Labute approximate surface area is 85.1 Å². The lowest BCUT2D eigenvalue weighted by Gasteiger charge is -2.36. The van der Waals surface area contributed by atoms with Crippen LogP contribution >= 0.6 is 0 Å². The molecule has 0 aromatic rings. The molecular formula is C10H20N2O2. The molecule has 0 aromatic heterocycles. The van der Waals surface area contributed by atoms with Crippen molar-refractivity contribution in [3.05, 3.63) is 0 Å². The smallest absolute Gasteiger partial charge is 0.234 e. The largest absolute Gasteiger partial charge is 0.393 e. The van der Waals surface area contributed by atoms with Crippen LogP contribution in [0.25, 0.3) is 0 Å². The van der Waals surface area contributed by atoms with Crippen molar-refractivity contribution in [2.45, 2.75) is 38.8 Å². The number of nitrogens with zero attached hydrogens (tertiary/aromatic N) is 1. The van der Waals surface area contributed by atoms with E-state index in [4.69, 9.17) is 5.73 Å². The molecule has 1 rings (SSSR count). The van der Waals surface area contributed by atoms with Crippen molar-refractivity contribution in [1.82, 2.24) is 4.90 Å². The van der Waals surface area contributed by atoms with E-state index in [-0.39, 0.29) is 24.0 Å². The van der Waals surface area contributed by atoms with Gasteiger partial charge in [-0.1, -0.05) is 0 Å². The highest BCUT2D eigenvalue weighted by atomic mass is 16.3. The molecule has 1 fully saturated rings. The summed E-state index contributed by atoms with van der Waals surface area (Å²) in [7, 11) is 0. The lowest BCUT2D eigenvalue weighted by atomic mass is 9.92. The molecule has 0 aromatic carbocycles. The fourth-order valence-electron chi connectivity index (χ4n) is 1.97. The SMILES string of the molecule is CC(O)C1CCCN(C(C)C(N)=O)C1. The van der Waals surface area contributed by atoms with Crippen LogP contribution in [0.15, 0.2) is 0 Å². The number of piperidine rings is 1. The van der Waals surface area contributed by atoms with Gasteiger partial charge in [0.1, 0.15) is 0 Å². The molecule has 3 unspecified atom stereocenters. The summed E-state index contributed by atoms with van der Waals surface area (Å²) in [5, 5.41) is 9.47. The van der Waals surface area contributed by atoms with Crippen LogP contribution in [0, 0.1) is 5.92 Å². The number of nitrogens with two attached hydrogens (primary N) is 1. The van der Waals surface area contributed by atoms with E-state index in [0.29, 0.717) is 0 Å². The van der Waals surface area contributed by atoms with Gasteiger partial charge in [0.2, 0.25) is 5.91 Å². The minimum Gasteiger partial charge on any atom is -0.393 e. The maximum absolute atomic E-state index is 11.0. The average molecular weight is 200 g/mol. The van der Waals surface area contributed by atoms with E-state index in [1.807, 2.05) is 13.8 Å². The summed E-state index contributed by atoms with van der Waals surface area (Å²) in [6.07, 6.45) is 1.78. The monoisotopic (exact) mass is 200 g/mol. The van der Waals surface area contributed by atoms with Crippen LogP contribution in [0.1, 0.15) is 26.7 Å². The zero-order valence-electron chi connectivity index (χ0n) is 8.94. The zero-order chi connectivity index (χ0) is 10.7. The second kappa shape index (κ2) is 4.75. The molecule has 0 spiro atoms. The van der Waals surface area contributed by atoms with E-state index < -0.39 is 0 Å². The number of rotatable bonds is 3. The molecule has 82 valence electrons. The highest BCUT2D eigenvalue weighted by molar-refractivity contribution is 5.79. The van der Waals surface area contributed by atoms with Crippen LogP contribution in [-0.4, -0.2) is 41.1 Å². The molecular weight excluding hydrogens is 180 g/mol. The van der Waals surface area contributed by atoms with Gasteiger partial charge in [0.05, 0.1) is 12.1 Å². The number of amides is 1. The lowest BCUT2D eigenvalue weighted by molar-refractivity contribution is -0.123. The average Bonchev–Trinajstić information content (AvgIpc) is 2.16. The highest BCUT2D eigenvalue weighted by Crippen LogP contribution is 2.21. The molecule has 4 heteroatoms. The number of carbonyl (C=O) groups is 1. The van der Waals surface area contributed by atoms with Crippen LogP contribution in [0.5, 0.6) is 0 Å². The molecule has 4 nitrogen and oxygen atoms in total. The molecule has 3 atom stereocenters. The third kappa shape index (κ3) is 2.69. The van der Waals surface area contributed by atoms with Gasteiger partial charge in [-0.3, -0.25) is 9.69 Å². The number of primary amides is 1. The first-order valence-electron chi connectivity index (χ1n) is 5.23. The van der Waals surface area contributed by atoms with Gasteiger partial charge >= 0.3 is 0 Å². The summed E-state index contributed by atoms with van der Waals surface area (Å²) >= 11 is 0. The van der Waals surface area contributed by atoms with Gasteiger partial charge in [0, 0.05) is 6.54 Å². The quantitative estimate of drug-likeness (QED) is 0.671. The third-order valence-electron chi connectivity index (χ3n) is 3.13. The summed E-state index contributed by atoms with van der Waals surface area (Å²) in [5.74, 6) is 0.00166. The van der Waals surface area contributed by atoms with Gasteiger partial charge in [-0.2, -0.15) is 0 Å². The highest BCUT2D eigenvalue weighted by Gasteiger charge is 2.28. The Bertz CT molecular complexity index is 206. The van der Waals surface area contributed by atoms with Crippen LogP contribution in [0.4, 0.5) is 0 Å². The summed E-state index contributed by atoms with van der Waals surface area (Å²) < 4.78 is 0. The van der Waals surface area contributed by atoms with E-state index in [1.165, 1.54) is 0 Å². The Hall–Kier alpha value is -0.610. The molecule has 1 heterocycles. The Morgan fingerprint density at radius 1 is 1.57 bits per heavy atom. The van der Waals surface area contributed by atoms with Gasteiger partial charge in [-0.25, -0.2) is 0 Å². The number of hydrogen-bond donors (Lipinski definition) is 2. The Balaban J connectivity index is 2.51. The Morgan fingerprint density at radius 3 is 2.71 bits per heavy atom. The fraction of sp³-hybridized carbons (Fsp3) is 0.900. The topological polar surface area (TPSA) is 66.6 Å². The van der Waals surface area contributed by atoms with Crippen molar-refractivity contribution in [2.75, 3.05) is 13.1 Å². The standard InChI is InChI=1S/C10H20N2O2/c1-7(10(11)14)12-5-3-4-9(6-12)8(2)13/h7-9,13H,3-6H2,1-2H3,(H2,11,14). The molecule has 14 heavy (non-hydrogen) atoms. The molecule has 1 amide bonds. The van der Waals surface area contributed by atoms with Gasteiger partial charge in [0.15, 0.2) is 0 Å². The van der Waals surface area contributed by atoms with Crippen molar-refractivity contribution < 1.29 is 9.90 Å². The van der Waals surface area contributed by atoms with E-state index in [2.05, 4.69) is 4.90 Å². The fourth-order valence-corrected chi connectivity index (χ4v) is 1.97. The van der Waals surface area contributed by atoms with Crippen molar-refractivity contribution in [2.24, 2.45) is 11.7 Å². The number of aliphatic hydroxyl groups excluding tert-OH is 1. The molecule has 0 aliphatic carbocycles. The first-order chi connectivity index (χ1) is 6.52. The van der Waals surface area contributed by atoms with Gasteiger partial charge < -0.3 is 10.8 Å². The molecule has 0 bridgehead atoms. The summed E-state index contributed by atoms with van der Waals surface area (Å²) in [6.45, 7) is 5.32. The molecule has 0 saturated carbocycles. The molecule has 0 radical (unpaired) electrons. The van der Waals surface area contributed by atoms with Gasteiger partial charge in [-0.05, 0) is 39.2 Å². The third-order valence-corrected chi connectivity index (χ3v) is 3.13. The minimum absolute atomic E-state index is 0.212. The van der Waals surface area contributed by atoms with Gasteiger partial charge in [-0.15, -0.1) is 0 Å². The van der Waals surface area contributed by atoms with E-state index in [1.54, 1.807) is 0 Å². The normalized spacial score (nSPS) is 28.4. The van der Waals surface area contributed by atoms with E-state index in [0.717, 1.165) is 25.9 Å². The minimum atomic E-state index is -0.294. The van der Waals surface area contributed by atoms with Crippen LogP contribution in [-0.2, 0) is 4.79 Å². The zero-order valence-corrected chi connectivity index (χ0v) is 8.94. The second-order valence-corrected chi connectivity index (χ2v) is 4.22. The summed E-state index contributed by atoms with van der Waals surface area (Å²) in [6, 6.07) is -0.212.